The maximum Gasteiger partial charge on any atom is 0.0547 e. The van der Waals surface area contributed by atoms with Gasteiger partial charge in [0.2, 0.25) is 0 Å². The van der Waals surface area contributed by atoms with Gasteiger partial charge in [0.05, 0.1) is 22.1 Å². The Hall–Kier alpha value is -5.60. The average Bonchev–Trinajstić information content (AvgIpc) is 3.62. The van der Waals surface area contributed by atoms with E-state index in [1.54, 1.807) is 0 Å². The molecule has 0 atom stereocenters. The minimum atomic E-state index is 1.09. The zero-order chi connectivity index (χ0) is 28.8. The average molecular weight is 561 g/mol. The van der Waals surface area contributed by atoms with Gasteiger partial charge < -0.3 is 9.13 Å². The summed E-state index contributed by atoms with van der Waals surface area (Å²) in [4.78, 5) is 0. The van der Waals surface area contributed by atoms with Gasteiger partial charge in [-0.25, -0.2) is 0 Å². The van der Waals surface area contributed by atoms with Crippen LogP contribution in [0.15, 0.2) is 146 Å². The van der Waals surface area contributed by atoms with Crippen LogP contribution < -0.4 is 0 Å². The summed E-state index contributed by atoms with van der Waals surface area (Å²) in [5, 5.41) is 10.6. The second kappa shape index (κ2) is 8.95. The van der Waals surface area contributed by atoms with Crippen LogP contribution in [0.5, 0.6) is 0 Å². The second-order valence-electron chi connectivity index (χ2n) is 12.0. The molecule has 0 amide bonds. The van der Waals surface area contributed by atoms with Crippen molar-refractivity contribution >= 4 is 70.9 Å². The van der Waals surface area contributed by atoms with Crippen molar-refractivity contribution in [2.45, 2.75) is 12.8 Å². The van der Waals surface area contributed by atoms with E-state index in [1.807, 2.05) is 0 Å². The summed E-state index contributed by atoms with van der Waals surface area (Å²) in [6, 6.07) is 47.2. The van der Waals surface area contributed by atoms with Gasteiger partial charge in [-0.1, -0.05) is 97.1 Å². The van der Waals surface area contributed by atoms with Crippen LogP contribution in [-0.2, 0) is 0 Å². The van der Waals surface area contributed by atoms with Crippen LogP contribution >= 0.6 is 0 Å². The molecule has 10 rings (SSSR count). The standard InChI is InChI=1S/C42H28N2/c1-2-10-29(11-3-1)43-37-17-7-6-14-33(37)36-26-28(22-25-38(36)43)27-20-23-30(24-21-27)44-39-18-8-15-34-31-12-4-5-13-32(31)35-16-9-19-40(44)42(35)41(34)39/h2,4-26H,1,3H2. The molecule has 0 spiro atoms. The maximum absolute atomic E-state index is 2.44. The lowest BCUT2D eigenvalue weighted by Crippen LogP contribution is -1.96. The van der Waals surface area contributed by atoms with Crippen molar-refractivity contribution in [2.24, 2.45) is 0 Å². The zero-order valence-electron chi connectivity index (χ0n) is 24.2. The lowest BCUT2D eigenvalue weighted by atomic mass is 9.95. The Kier molecular flexibility index (Phi) is 4.86. The van der Waals surface area contributed by atoms with Crippen LogP contribution in [0.4, 0.5) is 0 Å². The molecule has 0 saturated heterocycles. The van der Waals surface area contributed by atoms with Crippen molar-refractivity contribution in [3.05, 3.63) is 146 Å². The normalized spacial score (nSPS) is 13.8. The molecule has 0 N–H and O–H groups in total. The van der Waals surface area contributed by atoms with Gasteiger partial charge in [-0.2, -0.15) is 0 Å². The topological polar surface area (TPSA) is 9.86 Å². The minimum absolute atomic E-state index is 1.09. The summed E-state index contributed by atoms with van der Waals surface area (Å²) in [6.07, 6.45) is 9.12. The fourth-order valence-electron chi connectivity index (χ4n) is 7.79. The molecular formula is C42H28N2. The van der Waals surface area contributed by atoms with Gasteiger partial charge in [-0.15, -0.1) is 0 Å². The zero-order valence-corrected chi connectivity index (χ0v) is 24.2. The molecule has 0 bridgehead atoms. The molecule has 7 aromatic carbocycles. The number of rotatable bonds is 3. The van der Waals surface area contributed by atoms with Gasteiger partial charge in [-0.05, 0) is 94.1 Å². The lowest BCUT2D eigenvalue weighted by Gasteiger charge is -2.12. The third kappa shape index (κ3) is 3.20. The first-order valence-corrected chi connectivity index (χ1v) is 15.5. The first-order chi connectivity index (χ1) is 21.8. The van der Waals surface area contributed by atoms with E-state index < -0.39 is 0 Å². The van der Waals surface area contributed by atoms with Crippen LogP contribution in [0.1, 0.15) is 12.8 Å². The first kappa shape index (κ1) is 23.9. The van der Waals surface area contributed by atoms with Gasteiger partial charge in [0.15, 0.2) is 0 Å². The van der Waals surface area contributed by atoms with E-state index in [0.717, 1.165) is 12.8 Å². The molecule has 206 valence electrons. The van der Waals surface area contributed by atoms with E-state index in [0.29, 0.717) is 0 Å². The van der Waals surface area contributed by atoms with E-state index in [2.05, 4.69) is 155 Å². The third-order valence-electron chi connectivity index (χ3n) is 9.69. The van der Waals surface area contributed by atoms with Gasteiger partial charge >= 0.3 is 0 Å². The van der Waals surface area contributed by atoms with Crippen molar-refractivity contribution in [1.82, 2.24) is 9.13 Å². The van der Waals surface area contributed by atoms with Crippen molar-refractivity contribution in [3.8, 4) is 16.8 Å². The molecule has 1 aliphatic rings. The Morgan fingerprint density at radius 2 is 1.00 bits per heavy atom. The van der Waals surface area contributed by atoms with Crippen LogP contribution in [0, 0.1) is 0 Å². The Bertz CT molecular complexity index is 2550. The van der Waals surface area contributed by atoms with Crippen molar-refractivity contribution in [2.75, 3.05) is 0 Å². The number of para-hydroxylation sites is 1. The monoisotopic (exact) mass is 560 g/mol. The van der Waals surface area contributed by atoms with Gasteiger partial charge in [-0.3, -0.25) is 0 Å². The summed E-state index contributed by atoms with van der Waals surface area (Å²) < 4.78 is 4.86. The van der Waals surface area contributed by atoms with E-state index in [1.165, 1.54) is 87.7 Å². The molecule has 0 saturated carbocycles. The predicted molar refractivity (Wildman–Crippen MR) is 188 cm³/mol. The highest BCUT2D eigenvalue weighted by Gasteiger charge is 2.19. The van der Waals surface area contributed by atoms with Crippen molar-refractivity contribution < 1.29 is 0 Å². The summed E-state index contributed by atoms with van der Waals surface area (Å²) in [6.45, 7) is 0. The molecule has 2 heteroatoms. The second-order valence-corrected chi connectivity index (χ2v) is 12.0. The molecule has 1 aliphatic carbocycles. The fourth-order valence-corrected chi connectivity index (χ4v) is 7.79. The highest BCUT2D eigenvalue weighted by atomic mass is 15.0. The Morgan fingerprint density at radius 3 is 1.68 bits per heavy atom. The quantitative estimate of drug-likeness (QED) is 0.190. The predicted octanol–water partition coefficient (Wildman–Crippen LogP) is 11.5. The Morgan fingerprint density at radius 1 is 0.409 bits per heavy atom. The largest absolute Gasteiger partial charge is 0.310 e. The van der Waals surface area contributed by atoms with Crippen LogP contribution in [0.2, 0.25) is 0 Å². The maximum atomic E-state index is 2.44. The first-order valence-electron chi connectivity index (χ1n) is 15.5. The SMILES string of the molecule is C1=CC(n2c3ccccc3c3cc(-c4ccc(-n5c6cccc7c8ccccc8c8cccc5c8c76)cc4)ccc32)=CCC1. The molecule has 0 fully saturated rings. The van der Waals surface area contributed by atoms with Crippen molar-refractivity contribution in [1.29, 1.82) is 0 Å². The smallest absolute Gasteiger partial charge is 0.0547 e. The van der Waals surface area contributed by atoms with Crippen LogP contribution in [0.25, 0.3) is 87.7 Å². The molecule has 0 radical (unpaired) electrons. The highest BCUT2D eigenvalue weighted by Crippen LogP contribution is 2.43. The number of fused-ring (bicyclic) bond motifs is 6. The number of aromatic nitrogens is 2. The Balaban J connectivity index is 1.14. The van der Waals surface area contributed by atoms with Crippen molar-refractivity contribution in [3.63, 3.8) is 0 Å². The van der Waals surface area contributed by atoms with Gasteiger partial charge in [0.25, 0.3) is 0 Å². The third-order valence-corrected chi connectivity index (χ3v) is 9.69. The number of hydrogen-bond donors (Lipinski definition) is 0. The number of nitrogens with zero attached hydrogens (tertiary/aromatic N) is 2. The molecule has 0 unspecified atom stereocenters. The molecular weight excluding hydrogens is 532 g/mol. The number of benzene rings is 7. The number of hydrogen-bond acceptors (Lipinski definition) is 0. The fraction of sp³-hybridized carbons (Fsp3) is 0.0476. The summed E-state index contributed by atoms with van der Waals surface area (Å²) in [5.41, 5.74) is 9.94. The van der Waals surface area contributed by atoms with Crippen LogP contribution in [0.3, 0.4) is 0 Å². The van der Waals surface area contributed by atoms with E-state index >= 15 is 0 Å². The van der Waals surface area contributed by atoms with E-state index in [4.69, 9.17) is 0 Å². The van der Waals surface area contributed by atoms with Gasteiger partial charge in [0, 0.05) is 32.9 Å². The molecule has 44 heavy (non-hydrogen) atoms. The van der Waals surface area contributed by atoms with E-state index in [-0.39, 0.29) is 0 Å². The minimum Gasteiger partial charge on any atom is -0.310 e. The van der Waals surface area contributed by atoms with E-state index in [9.17, 15) is 0 Å². The number of allylic oxidation sites excluding steroid dienone is 4. The molecule has 0 aliphatic heterocycles. The van der Waals surface area contributed by atoms with Gasteiger partial charge in [0.1, 0.15) is 0 Å². The molecule has 2 heterocycles. The Labute approximate surface area is 254 Å². The molecule has 9 aromatic rings. The summed E-state index contributed by atoms with van der Waals surface area (Å²) in [5.74, 6) is 0. The molecule has 2 nitrogen and oxygen atoms in total. The molecule has 2 aromatic heterocycles. The van der Waals surface area contributed by atoms with Crippen LogP contribution in [-0.4, -0.2) is 9.13 Å². The summed E-state index contributed by atoms with van der Waals surface area (Å²) in [7, 11) is 0. The highest BCUT2D eigenvalue weighted by molar-refractivity contribution is 6.34. The lowest BCUT2D eigenvalue weighted by molar-refractivity contribution is 1.02. The summed E-state index contributed by atoms with van der Waals surface area (Å²) >= 11 is 0.